The Morgan fingerprint density at radius 1 is 1.11 bits per heavy atom. The first-order valence-corrected chi connectivity index (χ1v) is 8.62. The molecule has 7 heteroatoms. The topological polar surface area (TPSA) is 93.9 Å². The van der Waals surface area contributed by atoms with Crippen LogP contribution in [-0.2, 0) is 6.61 Å². The highest BCUT2D eigenvalue weighted by Crippen LogP contribution is 2.23. The average Bonchev–Trinajstić information content (AvgIpc) is 3.14. The summed E-state index contributed by atoms with van der Waals surface area (Å²) in [7, 11) is 0. The Balaban J connectivity index is 1.54. The largest absolute Gasteiger partial charge is 0.488 e. The third-order valence-electron chi connectivity index (χ3n) is 4.15. The van der Waals surface area contributed by atoms with Crippen LogP contribution in [0.15, 0.2) is 67.0 Å². The van der Waals surface area contributed by atoms with E-state index in [0.717, 1.165) is 16.9 Å². The maximum atomic E-state index is 10.9. The van der Waals surface area contributed by atoms with Gasteiger partial charge in [-0.2, -0.15) is 0 Å². The zero-order valence-electron chi connectivity index (χ0n) is 14.8. The summed E-state index contributed by atoms with van der Waals surface area (Å²) in [5.74, 6) is 1.35. The Labute approximate surface area is 160 Å². The summed E-state index contributed by atoms with van der Waals surface area (Å²) in [4.78, 5) is 22.1. The van der Waals surface area contributed by atoms with Gasteiger partial charge in [0, 0.05) is 35.7 Å². The highest BCUT2D eigenvalue weighted by atomic mass is 16.6. The fourth-order valence-corrected chi connectivity index (χ4v) is 2.77. The van der Waals surface area contributed by atoms with E-state index in [9.17, 15) is 10.1 Å². The lowest BCUT2D eigenvalue weighted by molar-refractivity contribution is -0.384. The highest BCUT2D eigenvalue weighted by molar-refractivity contribution is 5.81. The van der Waals surface area contributed by atoms with Gasteiger partial charge in [0.1, 0.15) is 18.2 Å². The minimum atomic E-state index is -0.425. The van der Waals surface area contributed by atoms with Crippen LogP contribution in [-0.4, -0.2) is 19.9 Å². The van der Waals surface area contributed by atoms with Crippen LogP contribution in [0, 0.1) is 10.1 Å². The fourth-order valence-electron chi connectivity index (χ4n) is 2.77. The molecule has 7 nitrogen and oxygen atoms in total. The summed E-state index contributed by atoms with van der Waals surface area (Å²) in [6.45, 7) is 0.424. The summed E-state index contributed by atoms with van der Waals surface area (Å²) in [6.07, 6.45) is 7.21. The molecule has 0 radical (unpaired) electrons. The monoisotopic (exact) mass is 372 g/mol. The number of non-ortho nitro benzene ring substituents is 1. The van der Waals surface area contributed by atoms with Crippen molar-refractivity contribution < 1.29 is 9.66 Å². The van der Waals surface area contributed by atoms with Gasteiger partial charge in [-0.05, 0) is 30.4 Å². The number of ether oxygens (including phenoxy) is 1. The van der Waals surface area contributed by atoms with Crippen molar-refractivity contribution >= 4 is 28.9 Å². The fraction of sp³-hybridized carbons (Fsp3) is 0.0476. The molecular weight excluding hydrogens is 356 g/mol. The summed E-state index contributed by atoms with van der Waals surface area (Å²) in [6, 6.07) is 16.1. The molecule has 0 saturated carbocycles. The number of fused-ring (bicyclic) bond motifs is 1. The molecule has 0 bridgehead atoms. The Hall–Kier alpha value is -4.00. The Morgan fingerprint density at radius 3 is 2.82 bits per heavy atom. The van der Waals surface area contributed by atoms with Crippen molar-refractivity contribution in [3.8, 4) is 5.75 Å². The van der Waals surface area contributed by atoms with Gasteiger partial charge in [-0.15, -0.1) is 0 Å². The molecule has 0 unspecified atom stereocenters. The van der Waals surface area contributed by atoms with E-state index in [-0.39, 0.29) is 5.69 Å². The zero-order valence-corrected chi connectivity index (χ0v) is 14.8. The standard InChI is InChI=1S/C21H16N4O3/c26-25(27)17-8-9-18-19(12-17)24-21(23-18)10-7-16-5-1-2-6-20(16)28-14-15-4-3-11-22-13-15/h1-13H,14H2,(H,23,24)/b10-7+. The van der Waals surface area contributed by atoms with Crippen LogP contribution in [0.5, 0.6) is 5.75 Å². The molecule has 0 spiro atoms. The number of pyridine rings is 1. The molecule has 1 N–H and O–H groups in total. The Kier molecular flexibility index (Phi) is 4.79. The molecule has 2 aromatic carbocycles. The Bertz CT molecular complexity index is 1150. The summed E-state index contributed by atoms with van der Waals surface area (Å²) in [5, 5.41) is 10.9. The van der Waals surface area contributed by atoms with Crippen molar-refractivity contribution in [2.24, 2.45) is 0 Å². The van der Waals surface area contributed by atoms with Crippen molar-refractivity contribution in [2.75, 3.05) is 0 Å². The van der Waals surface area contributed by atoms with Gasteiger partial charge in [0.15, 0.2) is 0 Å². The molecule has 4 aromatic rings. The summed E-state index contributed by atoms with van der Waals surface area (Å²) < 4.78 is 5.92. The minimum absolute atomic E-state index is 0.0285. The van der Waals surface area contributed by atoms with Crippen LogP contribution in [0.4, 0.5) is 5.69 Å². The van der Waals surface area contributed by atoms with E-state index in [1.807, 2.05) is 48.6 Å². The van der Waals surface area contributed by atoms with E-state index >= 15 is 0 Å². The second kappa shape index (κ2) is 7.71. The number of nitro groups is 1. The van der Waals surface area contributed by atoms with Crippen LogP contribution < -0.4 is 4.74 Å². The SMILES string of the molecule is O=[N+]([O-])c1ccc2nc(/C=C/c3ccccc3OCc3cccnc3)[nH]c2c1. The highest BCUT2D eigenvalue weighted by Gasteiger charge is 2.09. The first-order chi connectivity index (χ1) is 13.7. The molecule has 0 amide bonds. The first-order valence-electron chi connectivity index (χ1n) is 8.62. The molecule has 0 saturated heterocycles. The number of benzene rings is 2. The number of aromatic amines is 1. The average molecular weight is 372 g/mol. The van der Waals surface area contributed by atoms with Crippen LogP contribution >= 0.6 is 0 Å². The maximum absolute atomic E-state index is 10.9. The van der Waals surface area contributed by atoms with E-state index in [0.29, 0.717) is 23.5 Å². The molecule has 0 atom stereocenters. The molecule has 4 rings (SSSR count). The van der Waals surface area contributed by atoms with Crippen LogP contribution in [0.1, 0.15) is 17.0 Å². The van der Waals surface area contributed by atoms with Gasteiger partial charge in [-0.1, -0.05) is 24.3 Å². The van der Waals surface area contributed by atoms with E-state index in [1.54, 1.807) is 18.5 Å². The zero-order chi connectivity index (χ0) is 19.3. The predicted octanol–water partition coefficient (Wildman–Crippen LogP) is 4.62. The van der Waals surface area contributed by atoms with Crippen LogP contribution in [0.3, 0.4) is 0 Å². The smallest absolute Gasteiger partial charge is 0.271 e. The molecular formula is C21H16N4O3. The van der Waals surface area contributed by atoms with Crippen molar-refractivity contribution in [2.45, 2.75) is 6.61 Å². The lowest BCUT2D eigenvalue weighted by atomic mass is 10.2. The number of nitrogens with one attached hydrogen (secondary N) is 1. The van der Waals surface area contributed by atoms with Gasteiger partial charge >= 0.3 is 0 Å². The number of nitrogens with zero attached hydrogens (tertiary/aromatic N) is 3. The lowest BCUT2D eigenvalue weighted by Crippen LogP contribution is -1.97. The quantitative estimate of drug-likeness (QED) is 0.394. The van der Waals surface area contributed by atoms with Crippen molar-refractivity contribution in [1.82, 2.24) is 15.0 Å². The predicted molar refractivity (Wildman–Crippen MR) is 107 cm³/mol. The molecule has 138 valence electrons. The van der Waals surface area contributed by atoms with E-state index < -0.39 is 4.92 Å². The van der Waals surface area contributed by atoms with Gasteiger partial charge in [0.2, 0.25) is 0 Å². The van der Waals surface area contributed by atoms with Crippen molar-refractivity contribution in [3.63, 3.8) is 0 Å². The number of rotatable bonds is 6. The number of nitro benzene ring substituents is 1. The lowest BCUT2D eigenvalue weighted by Gasteiger charge is -2.08. The third kappa shape index (κ3) is 3.88. The van der Waals surface area contributed by atoms with Crippen molar-refractivity contribution in [3.05, 3.63) is 94.1 Å². The molecule has 0 aliphatic heterocycles. The number of hydrogen-bond acceptors (Lipinski definition) is 5. The van der Waals surface area contributed by atoms with Gasteiger partial charge in [-0.25, -0.2) is 4.98 Å². The number of H-pyrrole nitrogens is 1. The van der Waals surface area contributed by atoms with Gasteiger partial charge < -0.3 is 9.72 Å². The van der Waals surface area contributed by atoms with Gasteiger partial charge in [0.25, 0.3) is 5.69 Å². The molecule has 2 aromatic heterocycles. The number of hydrogen-bond donors (Lipinski definition) is 1. The van der Waals surface area contributed by atoms with E-state index in [1.165, 1.54) is 12.1 Å². The summed E-state index contributed by atoms with van der Waals surface area (Å²) in [5.41, 5.74) is 3.21. The second-order valence-electron chi connectivity index (χ2n) is 6.10. The number of aromatic nitrogens is 3. The summed E-state index contributed by atoms with van der Waals surface area (Å²) >= 11 is 0. The maximum Gasteiger partial charge on any atom is 0.271 e. The molecule has 0 aliphatic rings. The molecule has 28 heavy (non-hydrogen) atoms. The first kappa shape index (κ1) is 17.4. The Morgan fingerprint density at radius 2 is 2.00 bits per heavy atom. The van der Waals surface area contributed by atoms with Gasteiger partial charge in [0.05, 0.1) is 16.0 Å². The van der Waals surface area contributed by atoms with E-state index in [2.05, 4.69) is 15.0 Å². The normalized spacial score (nSPS) is 11.1. The second-order valence-corrected chi connectivity index (χ2v) is 6.10. The molecule has 2 heterocycles. The van der Waals surface area contributed by atoms with Crippen molar-refractivity contribution in [1.29, 1.82) is 0 Å². The minimum Gasteiger partial charge on any atom is -0.488 e. The molecule has 0 aliphatic carbocycles. The number of para-hydroxylation sites is 1. The number of imidazole rings is 1. The third-order valence-corrected chi connectivity index (χ3v) is 4.15. The van der Waals surface area contributed by atoms with Gasteiger partial charge in [-0.3, -0.25) is 15.1 Å². The molecule has 0 fully saturated rings. The van der Waals surface area contributed by atoms with E-state index in [4.69, 9.17) is 4.74 Å². The van der Waals surface area contributed by atoms with Crippen LogP contribution in [0.25, 0.3) is 23.2 Å². The van der Waals surface area contributed by atoms with Crippen LogP contribution in [0.2, 0.25) is 0 Å².